The summed E-state index contributed by atoms with van der Waals surface area (Å²) in [6.07, 6.45) is 1.68. The number of carbonyl (C=O) groups is 1. The van der Waals surface area contributed by atoms with Crippen LogP contribution in [0.15, 0.2) is 57.9 Å². The first-order chi connectivity index (χ1) is 13.7. The molecule has 6 nitrogen and oxygen atoms in total. The second-order valence-corrected chi connectivity index (χ2v) is 6.85. The molecule has 0 aliphatic carbocycles. The van der Waals surface area contributed by atoms with Crippen LogP contribution in [0.2, 0.25) is 0 Å². The minimum atomic E-state index is -0.528. The van der Waals surface area contributed by atoms with Crippen molar-refractivity contribution in [1.29, 1.82) is 0 Å². The molecule has 0 bridgehead atoms. The Morgan fingerprint density at radius 2 is 1.82 bits per heavy atom. The molecule has 3 heterocycles. The monoisotopic (exact) mass is 377 g/mol. The SMILES string of the molecule is CCN(CC)CCN1C(=O)c2oc3ccccc3c(=O)c2[C@H]1c1ccccn1. The highest BCUT2D eigenvalue weighted by atomic mass is 16.3. The molecular weight excluding hydrogens is 354 g/mol. The number of carbonyl (C=O) groups excluding carboxylic acids is 1. The first-order valence-corrected chi connectivity index (χ1v) is 9.65. The predicted molar refractivity (Wildman–Crippen MR) is 107 cm³/mol. The molecular formula is C22H23N3O3. The predicted octanol–water partition coefficient (Wildman–Crippen LogP) is 3.08. The van der Waals surface area contributed by atoms with Crippen molar-refractivity contribution in [2.75, 3.05) is 26.2 Å². The van der Waals surface area contributed by atoms with Crippen molar-refractivity contribution in [3.63, 3.8) is 0 Å². The molecule has 4 rings (SSSR count). The Labute approximate surface area is 163 Å². The van der Waals surface area contributed by atoms with Crippen LogP contribution in [0.25, 0.3) is 11.0 Å². The van der Waals surface area contributed by atoms with Crippen LogP contribution in [0.1, 0.15) is 41.7 Å². The molecule has 3 aromatic rings. The van der Waals surface area contributed by atoms with Gasteiger partial charge < -0.3 is 14.2 Å². The summed E-state index contributed by atoms with van der Waals surface area (Å²) in [5.41, 5.74) is 1.34. The van der Waals surface area contributed by atoms with Crippen LogP contribution in [0.3, 0.4) is 0 Å². The van der Waals surface area contributed by atoms with E-state index in [1.165, 1.54) is 0 Å². The number of benzene rings is 1. The zero-order valence-electron chi connectivity index (χ0n) is 16.1. The van der Waals surface area contributed by atoms with Crippen LogP contribution in [0.4, 0.5) is 0 Å². The molecule has 1 aliphatic rings. The van der Waals surface area contributed by atoms with Crippen LogP contribution in [0, 0.1) is 0 Å². The second kappa shape index (κ2) is 7.56. The topological polar surface area (TPSA) is 66.7 Å². The van der Waals surface area contributed by atoms with Crippen LogP contribution in [-0.4, -0.2) is 46.9 Å². The second-order valence-electron chi connectivity index (χ2n) is 6.85. The van der Waals surface area contributed by atoms with Crippen molar-refractivity contribution in [2.24, 2.45) is 0 Å². The number of amides is 1. The summed E-state index contributed by atoms with van der Waals surface area (Å²) in [6.45, 7) is 7.23. The van der Waals surface area contributed by atoms with E-state index in [2.05, 4.69) is 23.7 Å². The zero-order valence-corrected chi connectivity index (χ0v) is 16.1. The van der Waals surface area contributed by atoms with Gasteiger partial charge in [-0.25, -0.2) is 0 Å². The van der Waals surface area contributed by atoms with Gasteiger partial charge in [0.1, 0.15) is 11.6 Å². The lowest BCUT2D eigenvalue weighted by Crippen LogP contribution is -2.38. The summed E-state index contributed by atoms with van der Waals surface area (Å²) in [7, 11) is 0. The Kier molecular flexibility index (Phi) is 4.96. The normalized spacial score (nSPS) is 16.2. The van der Waals surface area contributed by atoms with E-state index in [0.29, 0.717) is 28.8 Å². The van der Waals surface area contributed by atoms with E-state index in [9.17, 15) is 9.59 Å². The third kappa shape index (κ3) is 2.99. The summed E-state index contributed by atoms with van der Waals surface area (Å²) in [6, 6.07) is 12.1. The molecule has 144 valence electrons. The average molecular weight is 377 g/mol. The highest BCUT2D eigenvalue weighted by molar-refractivity contribution is 5.98. The van der Waals surface area contributed by atoms with E-state index in [-0.39, 0.29) is 17.1 Å². The standard InChI is InChI=1S/C22H23N3O3/c1-3-24(4-2)13-14-25-19(16-10-7-8-12-23-16)18-20(26)15-9-5-6-11-17(15)28-21(18)22(25)27/h5-12,19H,3-4,13-14H2,1-2H3/t19-/m1/s1. The lowest BCUT2D eigenvalue weighted by molar-refractivity contribution is 0.0705. The fraction of sp³-hybridized carbons (Fsp3) is 0.318. The van der Waals surface area contributed by atoms with Crippen LogP contribution in [0.5, 0.6) is 0 Å². The van der Waals surface area contributed by atoms with Crippen LogP contribution < -0.4 is 5.43 Å². The highest BCUT2D eigenvalue weighted by Crippen LogP contribution is 2.36. The quantitative estimate of drug-likeness (QED) is 0.660. The third-order valence-corrected chi connectivity index (χ3v) is 5.39. The maximum Gasteiger partial charge on any atom is 0.291 e. The van der Waals surface area contributed by atoms with Crippen molar-refractivity contribution >= 4 is 16.9 Å². The van der Waals surface area contributed by atoms with Crippen LogP contribution in [-0.2, 0) is 0 Å². The number of aromatic nitrogens is 1. The van der Waals surface area contributed by atoms with Crippen LogP contribution >= 0.6 is 0 Å². The summed E-state index contributed by atoms with van der Waals surface area (Å²) in [5.74, 6) is -0.112. The fourth-order valence-corrected chi connectivity index (χ4v) is 3.83. The minimum absolute atomic E-state index is 0.138. The summed E-state index contributed by atoms with van der Waals surface area (Å²) in [5, 5.41) is 0.487. The molecule has 0 unspecified atom stereocenters. The maximum atomic E-state index is 13.3. The Balaban J connectivity index is 1.85. The van der Waals surface area contributed by atoms with E-state index in [4.69, 9.17) is 4.42 Å². The number of hydrogen-bond donors (Lipinski definition) is 0. The molecule has 0 N–H and O–H groups in total. The first-order valence-electron chi connectivity index (χ1n) is 9.65. The molecule has 6 heteroatoms. The number of rotatable bonds is 6. The van der Waals surface area contributed by atoms with Gasteiger partial charge in [0.2, 0.25) is 5.76 Å². The molecule has 1 aliphatic heterocycles. The molecule has 0 fully saturated rings. The molecule has 28 heavy (non-hydrogen) atoms. The zero-order chi connectivity index (χ0) is 19.7. The van der Waals surface area contributed by atoms with E-state index >= 15 is 0 Å². The molecule has 0 radical (unpaired) electrons. The van der Waals surface area contributed by atoms with Crippen molar-refractivity contribution < 1.29 is 9.21 Å². The van der Waals surface area contributed by atoms with Gasteiger partial charge in [-0.3, -0.25) is 14.6 Å². The number of para-hydroxylation sites is 1. The van der Waals surface area contributed by atoms with Gasteiger partial charge in [-0.1, -0.05) is 32.0 Å². The minimum Gasteiger partial charge on any atom is -0.450 e. The molecule has 0 saturated carbocycles. The number of likely N-dealkylation sites (N-methyl/N-ethyl adjacent to an activating group) is 1. The van der Waals surface area contributed by atoms with Crippen molar-refractivity contribution in [3.8, 4) is 0 Å². The Morgan fingerprint density at radius 3 is 2.54 bits per heavy atom. The Hall–Kier alpha value is -2.99. The Morgan fingerprint density at radius 1 is 1.07 bits per heavy atom. The first kappa shape index (κ1) is 18.4. The van der Waals surface area contributed by atoms with Gasteiger partial charge in [-0.05, 0) is 37.4 Å². The summed E-state index contributed by atoms with van der Waals surface area (Å²) in [4.78, 5) is 34.9. The van der Waals surface area contributed by atoms with E-state index in [1.54, 1.807) is 35.4 Å². The number of fused-ring (bicyclic) bond motifs is 2. The molecule has 2 aromatic heterocycles. The summed E-state index contributed by atoms with van der Waals surface area (Å²) >= 11 is 0. The molecule has 1 atom stereocenters. The van der Waals surface area contributed by atoms with E-state index in [1.807, 2.05) is 18.2 Å². The van der Waals surface area contributed by atoms with Gasteiger partial charge in [0, 0.05) is 19.3 Å². The Bertz CT molecular complexity index is 1060. The van der Waals surface area contributed by atoms with Gasteiger partial charge >= 0.3 is 0 Å². The largest absolute Gasteiger partial charge is 0.450 e. The maximum absolute atomic E-state index is 13.3. The number of nitrogens with zero attached hydrogens (tertiary/aromatic N) is 3. The van der Waals surface area contributed by atoms with Crippen molar-refractivity contribution in [2.45, 2.75) is 19.9 Å². The lowest BCUT2D eigenvalue weighted by Gasteiger charge is -2.27. The van der Waals surface area contributed by atoms with Gasteiger partial charge in [-0.2, -0.15) is 0 Å². The van der Waals surface area contributed by atoms with E-state index < -0.39 is 6.04 Å². The van der Waals surface area contributed by atoms with Crippen molar-refractivity contribution in [3.05, 3.63) is 75.9 Å². The molecule has 1 aromatic carbocycles. The van der Waals surface area contributed by atoms with Gasteiger partial charge in [0.15, 0.2) is 5.43 Å². The third-order valence-electron chi connectivity index (χ3n) is 5.39. The van der Waals surface area contributed by atoms with Gasteiger partial charge in [0.25, 0.3) is 5.91 Å². The molecule has 0 saturated heterocycles. The van der Waals surface area contributed by atoms with Gasteiger partial charge in [-0.15, -0.1) is 0 Å². The van der Waals surface area contributed by atoms with Gasteiger partial charge in [0.05, 0.1) is 16.6 Å². The molecule has 0 spiro atoms. The lowest BCUT2D eigenvalue weighted by atomic mass is 10.0. The smallest absolute Gasteiger partial charge is 0.291 e. The number of hydrogen-bond acceptors (Lipinski definition) is 5. The average Bonchev–Trinajstić information content (AvgIpc) is 3.02. The van der Waals surface area contributed by atoms with Crippen molar-refractivity contribution in [1.82, 2.24) is 14.8 Å². The highest BCUT2D eigenvalue weighted by Gasteiger charge is 2.43. The fourth-order valence-electron chi connectivity index (χ4n) is 3.83. The number of pyridine rings is 1. The molecule has 1 amide bonds. The van der Waals surface area contributed by atoms with E-state index in [0.717, 1.165) is 19.6 Å². The summed E-state index contributed by atoms with van der Waals surface area (Å²) < 4.78 is 5.91.